The first-order valence-corrected chi connectivity index (χ1v) is 4.79. The lowest BCUT2D eigenvalue weighted by molar-refractivity contribution is -0.138. The standard InChI is InChI=1S/C11H12F3NO/c1-3-8(2)6-15-7-9(11(12,13)14)4-5-10(15)16/h4-5,7H,2-3,6H2,1H3. The van der Waals surface area contributed by atoms with Gasteiger partial charge in [0.25, 0.3) is 5.56 Å². The third-order valence-corrected chi connectivity index (χ3v) is 2.20. The molecule has 0 fully saturated rings. The molecule has 1 heterocycles. The van der Waals surface area contributed by atoms with Gasteiger partial charge in [-0.15, -0.1) is 0 Å². The van der Waals surface area contributed by atoms with Gasteiger partial charge in [-0.25, -0.2) is 0 Å². The van der Waals surface area contributed by atoms with Crippen molar-refractivity contribution in [1.82, 2.24) is 4.57 Å². The largest absolute Gasteiger partial charge is 0.417 e. The molecule has 0 radical (unpaired) electrons. The molecule has 0 saturated carbocycles. The number of hydrogen-bond donors (Lipinski definition) is 0. The second-order valence-electron chi connectivity index (χ2n) is 3.49. The minimum atomic E-state index is -4.43. The first kappa shape index (κ1) is 12.5. The maximum atomic E-state index is 12.4. The summed E-state index contributed by atoms with van der Waals surface area (Å²) in [5.74, 6) is 0. The van der Waals surface area contributed by atoms with Crippen LogP contribution in [0.5, 0.6) is 0 Å². The summed E-state index contributed by atoms with van der Waals surface area (Å²) in [4.78, 5) is 11.3. The Balaban J connectivity index is 3.09. The molecule has 1 rings (SSSR count). The van der Waals surface area contributed by atoms with Gasteiger partial charge in [-0.3, -0.25) is 4.79 Å². The molecule has 0 aliphatic heterocycles. The molecule has 0 amide bonds. The Hall–Kier alpha value is -1.52. The molecule has 0 atom stereocenters. The lowest BCUT2D eigenvalue weighted by Crippen LogP contribution is -2.22. The topological polar surface area (TPSA) is 22.0 Å². The van der Waals surface area contributed by atoms with Crippen molar-refractivity contribution in [2.75, 3.05) is 0 Å². The molecule has 5 heteroatoms. The molecule has 0 unspecified atom stereocenters. The highest BCUT2D eigenvalue weighted by Gasteiger charge is 2.30. The molecule has 0 spiro atoms. The molecular weight excluding hydrogens is 219 g/mol. The lowest BCUT2D eigenvalue weighted by atomic mass is 10.2. The molecule has 2 nitrogen and oxygen atoms in total. The van der Waals surface area contributed by atoms with Crippen LogP contribution in [-0.4, -0.2) is 4.57 Å². The van der Waals surface area contributed by atoms with Crippen molar-refractivity contribution < 1.29 is 13.2 Å². The van der Waals surface area contributed by atoms with Crippen molar-refractivity contribution in [3.63, 3.8) is 0 Å². The Bertz CT molecular complexity index is 445. The summed E-state index contributed by atoms with van der Waals surface area (Å²) < 4.78 is 38.2. The van der Waals surface area contributed by atoms with Gasteiger partial charge < -0.3 is 4.57 Å². The van der Waals surface area contributed by atoms with E-state index in [0.29, 0.717) is 12.0 Å². The smallest absolute Gasteiger partial charge is 0.311 e. The highest BCUT2D eigenvalue weighted by Crippen LogP contribution is 2.28. The first-order valence-electron chi connectivity index (χ1n) is 4.79. The average Bonchev–Trinajstić information content (AvgIpc) is 2.19. The van der Waals surface area contributed by atoms with Crippen LogP contribution in [-0.2, 0) is 12.7 Å². The molecule has 88 valence electrons. The van der Waals surface area contributed by atoms with E-state index in [-0.39, 0.29) is 6.54 Å². The predicted octanol–water partition coefficient (Wildman–Crippen LogP) is 2.83. The van der Waals surface area contributed by atoms with Crippen LogP contribution in [0.3, 0.4) is 0 Å². The summed E-state index contributed by atoms with van der Waals surface area (Å²) in [6, 6.07) is 1.71. The van der Waals surface area contributed by atoms with Crippen LogP contribution in [0, 0.1) is 0 Å². The molecule has 0 bridgehead atoms. The predicted molar refractivity (Wildman–Crippen MR) is 55.1 cm³/mol. The normalized spacial score (nSPS) is 11.5. The van der Waals surface area contributed by atoms with Gasteiger partial charge in [-0.1, -0.05) is 19.1 Å². The Morgan fingerprint density at radius 3 is 2.56 bits per heavy atom. The molecular formula is C11H12F3NO. The molecule has 1 aromatic heterocycles. The second-order valence-corrected chi connectivity index (χ2v) is 3.49. The van der Waals surface area contributed by atoms with Gasteiger partial charge in [0.05, 0.1) is 5.56 Å². The number of allylic oxidation sites excluding steroid dienone is 1. The van der Waals surface area contributed by atoms with E-state index in [1.54, 1.807) is 0 Å². The maximum absolute atomic E-state index is 12.4. The van der Waals surface area contributed by atoms with Crippen molar-refractivity contribution >= 4 is 0 Å². The number of hydrogen-bond acceptors (Lipinski definition) is 1. The van der Waals surface area contributed by atoms with Gasteiger partial charge >= 0.3 is 6.18 Å². The number of nitrogens with zero attached hydrogens (tertiary/aromatic N) is 1. The fraction of sp³-hybridized carbons (Fsp3) is 0.364. The summed E-state index contributed by atoms with van der Waals surface area (Å²) in [5, 5.41) is 0. The minimum Gasteiger partial charge on any atom is -0.311 e. The lowest BCUT2D eigenvalue weighted by Gasteiger charge is -2.11. The second kappa shape index (κ2) is 4.55. The van der Waals surface area contributed by atoms with E-state index in [1.165, 1.54) is 0 Å². The third-order valence-electron chi connectivity index (χ3n) is 2.20. The molecule has 0 aromatic carbocycles. The molecule has 16 heavy (non-hydrogen) atoms. The Morgan fingerprint density at radius 2 is 2.06 bits per heavy atom. The van der Waals surface area contributed by atoms with Crippen LogP contribution in [0.25, 0.3) is 0 Å². The van der Waals surface area contributed by atoms with Gasteiger partial charge in [0.15, 0.2) is 0 Å². The summed E-state index contributed by atoms with van der Waals surface area (Å²) in [6.45, 7) is 5.62. The zero-order valence-electron chi connectivity index (χ0n) is 8.84. The Kier molecular flexibility index (Phi) is 3.57. The van der Waals surface area contributed by atoms with Crippen LogP contribution < -0.4 is 5.56 Å². The Labute approximate surface area is 91.0 Å². The quantitative estimate of drug-likeness (QED) is 0.733. The zero-order chi connectivity index (χ0) is 12.3. The maximum Gasteiger partial charge on any atom is 0.417 e. The van der Waals surface area contributed by atoms with Gasteiger partial charge in [-0.2, -0.15) is 13.2 Å². The van der Waals surface area contributed by atoms with E-state index >= 15 is 0 Å². The zero-order valence-corrected chi connectivity index (χ0v) is 8.84. The molecule has 0 saturated heterocycles. The highest BCUT2D eigenvalue weighted by atomic mass is 19.4. The molecule has 0 N–H and O–H groups in total. The van der Waals surface area contributed by atoms with Crippen molar-refractivity contribution in [3.8, 4) is 0 Å². The van der Waals surface area contributed by atoms with Gasteiger partial charge in [0.2, 0.25) is 0 Å². The number of pyridine rings is 1. The summed E-state index contributed by atoms with van der Waals surface area (Å²) >= 11 is 0. The third kappa shape index (κ3) is 2.98. The van der Waals surface area contributed by atoms with Crippen molar-refractivity contribution in [2.24, 2.45) is 0 Å². The minimum absolute atomic E-state index is 0.124. The monoisotopic (exact) mass is 231 g/mol. The molecule has 1 aromatic rings. The van der Waals surface area contributed by atoms with E-state index in [9.17, 15) is 18.0 Å². The summed E-state index contributed by atoms with van der Waals surface area (Å²) in [7, 11) is 0. The van der Waals surface area contributed by atoms with Crippen molar-refractivity contribution in [2.45, 2.75) is 26.1 Å². The summed E-state index contributed by atoms with van der Waals surface area (Å²) in [5.41, 5.74) is -0.569. The van der Waals surface area contributed by atoms with Crippen molar-refractivity contribution in [3.05, 3.63) is 46.4 Å². The van der Waals surface area contributed by atoms with Gasteiger partial charge in [0, 0.05) is 18.8 Å². The Morgan fingerprint density at radius 1 is 1.44 bits per heavy atom. The SMILES string of the molecule is C=C(CC)Cn1cc(C(F)(F)F)ccc1=O. The molecule has 0 aliphatic carbocycles. The van der Waals surface area contributed by atoms with Gasteiger partial charge in [0.1, 0.15) is 0 Å². The first-order chi connectivity index (χ1) is 7.34. The number of aromatic nitrogens is 1. The van der Waals surface area contributed by atoms with Gasteiger partial charge in [-0.05, 0) is 12.5 Å². The van der Waals surface area contributed by atoms with Crippen molar-refractivity contribution in [1.29, 1.82) is 0 Å². The van der Waals surface area contributed by atoms with E-state index in [4.69, 9.17) is 0 Å². The average molecular weight is 231 g/mol. The fourth-order valence-electron chi connectivity index (χ4n) is 1.18. The fourth-order valence-corrected chi connectivity index (χ4v) is 1.18. The summed E-state index contributed by atoms with van der Waals surface area (Å²) in [6.07, 6.45) is -2.98. The number of halogens is 3. The van der Waals surface area contributed by atoms with E-state index in [0.717, 1.165) is 22.9 Å². The van der Waals surface area contributed by atoms with E-state index in [1.807, 2.05) is 6.92 Å². The van der Waals surface area contributed by atoms with Crippen LogP contribution >= 0.6 is 0 Å². The van der Waals surface area contributed by atoms with Crippen LogP contribution in [0.2, 0.25) is 0 Å². The van der Waals surface area contributed by atoms with Crippen LogP contribution in [0.4, 0.5) is 13.2 Å². The number of alkyl halides is 3. The van der Waals surface area contributed by atoms with Crippen LogP contribution in [0.1, 0.15) is 18.9 Å². The van der Waals surface area contributed by atoms with Crippen LogP contribution in [0.15, 0.2) is 35.3 Å². The molecule has 0 aliphatic rings. The number of rotatable bonds is 3. The van der Waals surface area contributed by atoms with E-state index in [2.05, 4.69) is 6.58 Å². The van der Waals surface area contributed by atoms with E-state index < -0.39 is 17.3 Å². The highest BCUT2D eigenvalue weighted by molar-refractivity contribution is 5.14.